The lowest BCUT2D eigenvalue weighted by atomic mass is 9.74. The molecule has 0 aliphatic heterocycles. The van der Waals surface area contributed by atoms with E-state index in [9.17, 15) is 9.90 Å². The lowest BCUT2D eigenvalue weighted by Gasteiger charge is -2.42. The molecule has 1 aliphatic rings. The maximum absolute atomic E-state index is 11.7. The zero-order chi connectivity index (χ0) is 13.2. The number of halogens is 1. The van der Waals surface area contributed by atoms with Crippen molar-refractivity contribution in [3.05, 3.63) is 21.9 Å². The Balaban J connectivity index is 2.39. The van der Waals surface area contributed by atoms with E-state index in [-0.39, 0.29) is 11.8 Å². The second kappa shape index (κ2) is 5.59. The molecule has 1 aromatic rings. The Kier molecular flexibility index (Phi) is 4.30. The first kappa shape index (κ1) is 13.8. The molecule has 0 bridgehead atoms. The highest BCUT2D eigenvalue weighted by Gasteiger charge is 2.43. The molecule has 1 fully saturated rings. The van der Waals surface area contributed by atoms with Gasteiger partial charge >= 0.3 is 0 Å². The summed E-state index contributed by atoms with van der Waals surface area (Å²) in [4.78, 5) is 11.7. The van der Waals surface area contributed by atoms with Gasteiger partial charge in [0.05, 0.1) is 11.6 Å². The van der Waals surface area contributed by atoms with Crippen LogP contribution in [-0.4, -0.2) is 23.0 Å². The van der Waals surface area contributed by atoms with Gasteiger partial charge in [0.1, 0.15) is 5.88 Å². The highest BCUT2D eigenvalue weighted by Crippen LogP contribution is 2.40. The molecule has 3 nitrogen and oxygen atoms in total. The van der Waals surface area contributed by atoms with E-state index in [1.54, 1.807) is 11.3 Å². The summed E-state index contributed by atoms with van der Waals surface area (Å²) in [6, 6.07) is 0. The van der Waals surface area contributed by atoms with Gasteiger partial charge in [-0.2, -0.15) is 11.3 Å². The predicted octanol–water partition coefficient (Wildman–Crippen LogP) is 2.54. The quantitative estimate of drug-likeness (QED) is 0.840. The van der Waals surface area contributed by atoms with E-state index in [1.165, 1.54) is 0 Å². The highest BCUT2D eigenvalue weighted by atomic mass is 35.5. The number of nitrogens with one attached hydrogen (secondary N) is 1. The van der Waals surface area contributed by atoms with Crippen molar-refractivity contribution in [2.75, 3.05) is 5.88 Å². The van der Waals surface area contributed by atoms with Gasteiger partial charge in [0, 0.05) is 0 Å². The van der Waals surface area contributed by atoms with Gasteiger partial charge in [-0.05, 0) is 41.7 Å². The Morgan fingerprint density at radius 3 is 2.94 bits per heavy atom. The number of aliphatic hydroxyl groups excluding tert-OH is 1. The molecular formula is C13H18ClNO2S. The molecule has 0 spiro atoms. The van der Waals surface area contributed by atoms with Crippen LogP contribution in [0.2, 0.25) is 0 Å². The summed E-state index contributed by atoms with van der Waals surface area (Å²) in [6.45, 7) is 2.02. The Morgan fingerprint density at radius 1 is 1.61 bits per heavy atom. The molecule has 1 aromatic heterocycles. The van der Waals surface area contributed by atoms with Gasteiger partial charge in [-0.1, -0.05) is 12.8 Å². The topological polar surface area (TPSA) is 49.3 Å². The molecule has 1 amide bonds. The number of aryl methyl sites for hydroxylation is 1. The van der Waals surface area contributed by atoms with Crippen LogP contribution in [0.5, 0.6) is 0 Å². The Morgan fingerprint density at radius 2 is 2.39 bits per heavy atom. The van der Waals surface area contributed by atoms with Crippen molar-refractivity contribution in [2.24, 2.45) is 0 Å². The first-order valence-corrected chi connectivity index (χ1v) is 7.66. The van der Waals surface area contributed by atoms with Gasteiger partial charge in [0.25, 0.3) is 0 Å². The average molecular weight is 288 g/mol. The van der Waals surface area contributed by atoms with Crippen molar-refractivity contribution >= 4 is 28.8 Å². The molecule has 18 heavy (non-hydrogen) atoms. The summed E-state index contributed by atoms with van der Waals surface area (Å²) in [5, 5.41) is 17.4. The van der Waals surface area contributed by atoms with Crippen LogP contribution >= 0.6 is 22.9 Å². The van der Waals surface area contributed by atoms with Gasteiger partial charge in [-0.3, -0.25) is 4.79 Å². The third kappa shape index (κ3) is 2.42. The Hall–Kier alpha value is -0.580. The highest BCUT2D eigenvalue weighted by molar-refractivity contribution is 7.08. The molecule has 2 atom stereocenters. The monoisotopic (exact) mass is 287 g/mol. The molecule has 0 saturated heterocycles. The van der Waals surface area contributed by atoms with Crippen molar-refractivity contribution in [1.82, 2.24) is 5.32 Å². The van der Waals surface area contributed by atoms with E-state index in [2.05, 4.69) is 5.32 Å². The summed E-state index contributed by atoms with van der Waals surface area (Å²) < 4.78 is 0. The van der Waals surface area contributed by atoms with Crippen LogP contribution in [0.1, 0.15) is 36.8 Å². The summed E-state index contributed by atoms with van der Waals surface area (Å²) >= 11 is 7.19. The van der Waals surface area contributed by atoms with Crippen LogP contribution in [0.3, 0.4) is 0 Å². The van der Waals surface area contributed by atoms with Crippen molar-refractivity contribution in [1.29, 1.82) is 0 Å². The van der Waals surface area contributed by atoms with Gasteiger partial charge in [0.15, 0.2) is 0 Å². The van der Waals surface area contributed by atoms with Crippen LogP contribution in [-0.2, 0) is 10.3 Å². The van der Waals surface area contributed by atoms with Crippen LogP contribution in [0.15, 0.2) is 10.8 Å². The Bertz CT molecular complexity index is 434. The van der Waals surface area contributed by atoms with Crippen molar-refractivity contribution in [3.63, 3.8) is 0 Å². The number of hydrogen-bond donors (Lipinski definition) is 2. The number of rotatable bonds is 3. The van der Waals surface area contributed by atoms with Crippen LogP contribution in [0.25, 0.3) is 0 Å². The molecule has 0 unspecified atom stereocenters. The van der Waals surface area contributed by atoms with Crippen LogP contribution in [0, 0.1) is 6.92 Å². The number of aliphatic hydroxyl groups is 1. The minimum Gasteiger partial charge on any atom is -0.390 e. The van der Waals surface area contributed by atoms with Crippen molar-refractivity contribution in [3.8, 4) is 0 Å². The molecular weight excluding hydrogens is 270 g/mol. The number of alkyl halides is 1. The molecule has 2 N–H and O–H groups in total. The molecule has 5 heteroatoms. The number of hydrogen-bond acceptors (Lipinski definition) is 3. The fourth-order valence-electron chi connectivity index (χ4n) is 2.78. The molecule has 1 aliphatic carbocycles. The van der Waals surface area contributed by atoms with Gasteiger partial charge in [-0.25, -0.2) is 0 Å². The normalized spacial score (nSPS) is 28.1. The summed E-state index contributed by atoms with van der Waals surface area (Å²) in [6.07, 6.45) is 2.97. The van der Waals surface area contributed by atoms with E-state index < -0.39 is 11.6 Å². The maximum atomic E-state index is 11.7. The predicted molar refractivity (Wildman–Crippen MR) is 74.1 cm³/mol. The van der Waals surface area contributed by atoms with Gasteiger partial charge in [-0.15, -0.1) is 11.6 Å². The zero-order valence-corrected chi connectivity index (χ0v) is 12.0. The van der Waals surface area contributed by atoms with E-state index in [0.29, 0.717) is 0 Å². The lowest BCUT2D eigenvalue weighted by molar-refractivity contribution is -0.123. The second-order valence-corrected chi connectivity index (χ2v) is 5.89. The molecule has 0 aromatic carbocycles. The molecule has 100 valence electrons. The third-order valence-corrected chi connectivity index (χ3v) is 4.79. The maximum Gasteiger partial charge on any atom is 0.235 e. The first-order valence-electron chi connectivity index (χ1n) is 6.18. The number of amides is 1. The standard InChI is InChI=1S/C13H18ClNO2S/c1-9-7-18-8-10(9)13(15-12(17)6-14)5-3-2-4-11(13)16/h7-8,11,16H,2-6H2,1H3,(H,15,17)/t11-,13-/m1/s1. The van der Waals surface area contributed by atoms with Crippen molar-refractivity contribution < 1.29 is 9.90 Å². The summed E-state index contributed by atoms with van der Waals surface area (Å²) in [5.41, 5.74) is 1.52. The van der Waals surface area contributed by atoms with E-state index >= 15 is 0 Å². The van der Waals surface area contributed by atoms with Crippen LogP contribution in [0.4, 0.5) is 0 Å². The summed E-state index contributed by atoms with van der Waals surface area (Å²) in [5.74, 6) is -0.291. The van der Waals surface area contributed by atoms with Crippen molar-refractivity contribution in [2.45, 2.75) is 44.2 Å². The zero-order valence-electron chi connectivity index (χ0n) is 10.4. The van der Waals surface area contributed by atoms with E-state index in [0.717, 1.165) is 36.8 Å². The summed E-state index contributed by atoms with van der Waals surface area (Å²) in [7, 11) is 0. The van der Waals surface area contributed by atoms with Crippen LogP contribution < -0.4 is 5.32 Å². The minimum absolute atomic E-state index is 0.0718. The first-order chi connectivity index (χ1) is 8.60. The second-order valence-electron chi connectivity index (χ2n) is 4.88. The minimum atomic E-state index is -0.645. The fraction of sp³-hybridized carbons (Fsp3) is 0.615. The SMILES string of the molecule is Cc1cscc1[C@]1(NC(=O)CCl)CCCC[C@H]1O. The van der Waals surface area contributed by atoms with Gasteiger partial charge < -0.3 is 10.4 Å². The number of thiophene rings is 1. The molecule has 1 saturated carbocycles. The number of carbonyl (C=O) groups is 1. The average Bonchev–Trinajstić information content (AvgIpc) is 2.79. The third-order valence-electron chi connectivity index (χ3n) is 3.69. The fourth-order valence-corrected chi connectivity index (χ4v) is 3.78. The number of carbonyl (C=O) groups excluding carboxylic acids is 1. The van der Waals surface area contributed by atoms with E-state index in [4.69, 9.17) is 11.6 Å². The largest absolute Gasteiger partial charge is 0.390 e. The molecule has 2 rings (SSSR count). The van der Waals surface area contributed by atoms with E-state index in [1.807, 2.05) is 17.7 Å². The Labute approximate surface area is 116 Å². The smallest absolute Gasteiger partial charge is 0.235 e. The molecule has 1 heterocycles. The lowest BCUT2D eigenvalue weighted by Crippen LogP contribution is -2.56. The molecule has 0 radical (unpaired) electrons. The van der Waals surface area contributed by atoms with Gasteiger partial charge in [0.2, 0.25) is 5.91 Å².